The third-order valence-electron chi connectivity index (χ3n) is 4.02. The van der Waals surface area contributed by atoms with Crippen molar-refractivity contribution in [3.63, 3.8) is 0 Å². The smallest absolute Gasteiger partial charge is 0.251 e. The second-order valence-electron chi connectivity index (χ2n) is 5.77. The summed E-state index contributed by atoms with van der Waals surface area (Å²) in [6.07, 6.45) is 5.24. The Balaban J connectivity index is 1.70. The Morgan fingerprint density at radius 2 is 1.75 bits per heavy atom. The first-order chi connectivity index (χ1) is 11.6. The average molecular weight is 317 g/mol. The Morgan fingerprint density at radius 3 is 2.50 bits per heavy atom. The van der Waals surface area contributed by atoms with E-state index in [2.05, 4.69) is 15.3 Å². The summed E-state index contributed by atoms with van der Waals surface area (Å²) in [6.45, 7) is 4.51. The van der Waals surface area contributed by atoms with Crippen LogP contribution in [0.15, 0.2) is 61.1 Å². The molecule has 4 nitrogen and oxygen atoms in total. The number of benzene rings is 1. The van der Waals surface area contributed by atoms with E-state index in [9.17, 15) is 4.79 Å². The molecular formula is C20H19N3O. The first kappa shape index (κ1) is 15.9. The first-order valence-electron chi connectivity index (χ1n) is 7.84. The second kappa shape index (κ2) is 7.04. The predicted molar refractivity (Wildman–Crippen MR) is 94.6 cm³/mol. The van der Waals surface area contributed by atoms with Gasteiger partial charge >= 0.3 is 0 Å². The molecule has 2 aromatic heterocycles. The number of pyridine rings is 2. The maximum absolute atomic E-state index is 12.3. The predicted octanol–water partition coefficient (Wildman–Crippen LogP) is 3.69. The lowest BCUT2D eigenvalue weighted by Crippen LogP contribution is -2.23. The third kappa shape index (κ3) is 3.66. The molecule has 0 radical (unpaired) electrons. The van der Waals surface area contributed by atoms with Crippen molar-refractivity contribution in [1.82, 2.24) is 15.3 Å². The Kier molecular flexibility index (Phi) is 4.66. The van der Waals surface area contributed by atoms with Crippen molar-refractivity contribution in [2.45, 2.75) is 20.4 Å². The average Bonchev–Trinajstić information content (AvgIpc) is 2.63. The van der Waals surface area contributed by atoms with Crippen LogP contribution < -0.4 is 5.32 Å². The van der Waals surface area contributed by atoms with Crippen molar-refractivity contribution in [2.75, 3.05) is 0 Å². The van der Waals surface area contributed by atoms with Gasteiger partial charge in [-0.05, 0) is 66.9 Å². The van der Waals surface area contributed by atoms with Crippen LogP contribution in [-0.2, 0) is 6.54 Å². The van der Waals surface area contributed by atoms with E-state index in [0.29, 0.717) is 12.1 Å². The summed E-state index contributed by atoms with van der Waals surface area (Å²) < 4.78 is 0. The standard InChI is InChI=1S/C20H19N3O/c1-14-3-4-18(11-15(14)2)20(24)23-13-16-5-10-22-19(12-16)17-6-8-21-9-7-17/h3-12H,13H2,1-2H3,(H,23,24). The van der Waals surface area contributed by atoms with Crippen LogP contribution in [0.25, 0.3) is 11.3 Å². The van der Waals surface area contributed by atoms with E-state index in [1.54, 1.807) is 18.6 Å². The normalized spacial score (nSPS) is 10.4. The minimum Gasteiger partial charge on any atom is -0.348 e. The zero-order chi connectivity index (χ0) is 16.9. The molecule has 1 amide bonds. The van der Waals surface area contributed by atoms with Crippen LogP contribution in [0.4, 0.5) is 0 Å². The number of nitrogens with zero attached hydrogens (tertiary/aromatic N) is 2. The SMILES string of the molecule is Cc1ccc(C(=O)NCc2ccnc(-c3ccncc3)c2)cc1C. The van der Waals surface area contributed by atoms with Gasteiger partial charge in [0.15, 0.2) is 0 Å². The number of hydrogen-bond acceptors (Lipinski definition) is 3. The van der Waals surface area contributed by atoms with Crippen LogP contribution in [0.5, 0.6) is 0 Å². The second-order valence-corrected chi connectivity index (χ2v) is 5.77. The van der Waals surface area contributed by atoms with Gasteiger partial charge in [-0.3, -0.25) is 14.8 Å². The maximum atomic E-state index is 12.3. The Bertz CT molecular complexity index is 860. The van der Waals surface area contributed by atoms with Crippen molar-refractivity contribution in [1.29, 1.82) is 0 Å². The van der Waals surface area contributed by atoms with E-state index in [1.807, 2.05) is 56.3 Å². The van der Waals surface area contributed by atoms with Gasteiger partial charge in [0.2, 0.25) is 0 Å². The number of aromatic nitrogens is 2. The first-order valence-corrected chi connectivity index (χ1v) is 7.84. The molecule has 1 aromatic carbocycles. The topological polar surface area (TPSA) is 54.9 Å². The van der Waals surface area contributed by atoms with Gasteiger partial charge in [-0.25, -0.2) is 0 Å². The van der Waals surface area contributed by atoms with Crippen LogP contribution in [0.1, 0.15) is 27.0 Å². The van der Waals surface area contributed by atoms with Gasteiger partial charge in [0.05, 0.1) is 5.69 Å². The van der Waals surface area contributed by atoms with Crippen LogP contribution in [0.3, 0.4) is 0 Å². The van der Waals surface area contributed by atoms with Crippen LogP contribution >= 0.6 is 0 Å². The molecule has 0 aliphatic rings. The lowest BCUT2D eigenvalue weighted by molar-refractivity contribution is 0.0951. The summed E-state index contributed by atoms with van der Waals surface area (Å²) in [4.78, 5) is 20.7. The summed E-state index contributed by atoms with van der Waals surface area (Å²) in [5.74, 6) is -0.0691. The van der Waals surface area contributed by atoms with Gasteiger partial charge in [0.1, 0.15) is 0 Å². The van der Waals surface area contributed by atoms with Crippen molar-refractivity contribution in [3.8, 4) is 11.3 Å². The number of carbonyl (C=O) groups is 1. The van der Waals surface area contributed by atoms with Crippen LogP contribution in [-0.4, -0.2) is 15.9 Å². The highest BCUT2D eigenvalue weighted by Gasteiger charge is 2.07. The van der Waals surface area contributed by atoms with E-state index in [4.69, 9.17) is 0 Å². The molecule has 24 heavy (non-hydrogen) atoms. The van der Waals surface area contributed by atoms with E-state index in [-0.39, 0.29) is 5.91 Å². The molecule has 120 valence electrons. The Labute approximate surface area is 141 Å². The van der Waals surface area contributed by atoms with Crippen molar-refractivity contribution >= 4 is 5.91 Å². The molecule has 0 fully saturated rings. The summed E-state index contributed by atoms with van der Waals surface area (Å²) in [6, 6.07) is 13.5. The minimum absolute atomic E-state index is 0.0691. The van der Waals surface area contributed by atoms with Gasteiger partial charge in [-0.2, -0.15) is 0 Å². The lowest BCUT2D eigenvalue weighted by atomic mass is 10.1. The fraction of sp³-hybridized carbons (Fsp3) is 0.150. The molecule has 4 heteroatoms. The Morgan fingerprint density at radius 1 is 0.958 bits per heavy atom. The van der Waals surface area contributed by atoms with Crippen molar-refractivity contribution in [2.24, 2.45) is 0 Å². The highest BCUT2D eigenvalue weighted by atomic mass is 16.1. The largest absolute Gasteiger partial charge is 0.348 e. The highest BCUT2D eigenvalue weighted by Crippen LogP contribution is 2.16. The van der Waals surface area contributed by atoms with Gasteiger partial charge in [0.25, 0.3) is 5.91 Å². The minimum atomic E-state index is -0.0691. The molecule has 1 N–H and O–H groups in total. The molecule has 0 aliphatic carbocycles. The van der Waals surface area contributed by atoms with E-state index < -0.39 is 0 Å². The van der Waals surface area contributed by atoms with Gasteiger partial charge in [0, 0.05) is 36.3 Å². The quantitative estimate of drug-likeness (QED) is 0.798. The molecule has 0 aliphatic heterocycles. The number of rotatable bonds is 4. The number of amides is 1. The van der Waals surface area contributed by atoms with Gasteiger partial charge in [-0.1, -0.05) is 6.07 Å². The molecule has 0 saturated carbocycles. The highest BCUT2D eigenvalue weighted by molar-refractivity contribution is 5.94. The van der Waals surface area contributed by atoms with Crippen LogP contribution in [0.2, 0.25) is 0 Å². The zero-order valence-electron chi connectivity index (χ0n) is 13.8. The zero-order valence-corrected chi connectivity index (χ0v) is 13.8. The summed E-state index contributed by atoms with van der Waals surface area (Å²) in [5.41, 5.74) is 5.87. The van der Waals surface area contributed by atoms with E-state index in [1.165, 1.54) is 5.56 Å². The van der Waals surface area contributed by atoms with E-state index in [0.717, 1.165) is 22.4 Å². The molecule has 0 saturated heterocycles. The molecular weight excluding hydrogens is 298 g/mol. The molecule has 3 rings (SSSR count). The van der Waals surface area contributed by atoms with Crippen molar-refractivity contribution in [3.05, 3.63) is 83.3 Å². The Hall–Kier alpha value is -3.01. The van der Waals surface area contributed by atoms with Crippen LogP contribution in [0, 0.1) is 13.8 Å². The molecule has 0 atom stereocenters. The van der Waals surface area contributed by atoms with Gasteiger partial charge < -0.3 is 5.32 Å². The molecule has 0 bridgehead atoms. The summed E-state index contributed by atoms with van der Waals surface area (Å²) in [7, 11) is 0. The molecule has 0 spiro atoms. The van der Waals surface area contributed by atoms with Crippen molar-refractivity contribution < 1.29 is 4.79 Å². The molecule has 3 aromatic rings. The number of carbonyl (C=O) groups excluding carboxylic acids is 1. The monoisotopic (exact) mass is 317 g/mol. The number of nitrogens with one attached hydrogen (secondary N) is 1. The fourth-order valence-corrected chi connectivity index (χ4v) is 2.43. The molecule has 0 unspecified atom stereocenters. The number of aryl methyl sites for hydroxylation is 2. The summed E-state index contributed by atoms with van der Waals surface area (Å²) in [5, 5.41) is 2.96. The summed E-state index contributed by atoms with van der Waals surface area (Å²) >= 11 is 0. The van der Waals surface area contributed by atoms with Gasteiger partial charge in [-0.15, -0.1) is 0 Å². The third-order valence-corrected chi connectivity index (χ3v) is 4.02. The fourth-order valence-electron chi connectivity index (χ4n) is 2.43. The van der Waals surface area contributed by atoms with E-state index >= 15 is 0 Å². The maximum Gasteiger partial charge on any atom is 0.251 e. The lowest BCUT2D eigenvalue weighted by Gasteiger charge is -2.08. The molecule has 2 heterocycles. The number of hydrogen-bond donors (Lipinski definition) is 1.